The van der Waals surface area contributed by atoms with Crippen LogP contribution < -0.4 is 4.90 Å². The van der Waals surface area contributed by atoms with Gasteiger partial charge in [0.15, 0.2) is 0 Å². The van der Waals surface area contributed by atoms with E-state index in [1.54, 1.807) is 0 Å². The third kappa shape index (κ3) is 4.56. The number of fused-ring (bicyclic) bond motifs is 9. The lowest BCUT2D eigenvalue weighted by atomic mass is 9.82. The highest BCUT2D eigenvalue weighted by Gasteiger charge is 2.39. The second-order valence-corrected chi connectivity index (χ2v) is 16.5. The van der Waals surface area contributed by atoms with Crippen LogP contribution in [0, 0.1) is 0 Å². The first kappa shape index (κ1) is 32.8. The lowest BCUT2D eigenvalue weighted by Crippen LogP contribution is -2.18. The summed E-state index contributed by atoms with van der Waals surface area (Å²) < 4.78 is 2.48. The van der Waals surface area contributed by atoms with Crippen LogP contribution in [0.25, 0.3) is 60.9 Å². The molecule has 2 heteroatoms. The van der Waals surface area contributed by atoms with Crippen molar-refractivity contribution in [2.24, 2.45) is 0 Å². The Bertz CT molecular complexity index is 2980. The van der Waals surface area contributed by atoms with Gasteiger partial charge >= 0.3 is 0 Å². The number of hydrogen-bond acceptors (Lipinski definition) is 1. The highest BCUT2D eigenvalue weighted by atomic mass is 15.2. The fourth-order valence-corrected chi connectivity index (χ4v) is 10.0. The zero-order chi connectivity index (χ0) is 37.8. The Kier molecular flexibility index (Phi) is 6.98. The van der Waals surface area contributed by atoms with Crippen molar-refractivity contribution in [1.82, 2.24) is 4.57 Å². The summed E-state index contributed by atoms with van der Waals surface area (Å²) in [6.45, 7) is 9.51. The molecule has 2 aliphatic rings. The molecular formula is C54H42N2. The van der Waals surface area contributed by atoms with Gasteiger partial charge in [0.05, 0.1) is 28.1 Å². The predicted octanol–water partition coefficient (Wildman–Crippen LogP) is 14.5. The maximum Gasteiger partial charge on any atom is 0.0708 e. The molecule has 2 nitrogen and oxygen atoms in total. The van der Waals surface area contributed by atoms with Gasteiger partial charge in [-0.2, -0.15) is 0 Å². The van der Waals surface area contributed by atoms with Gasteiger partial charge in [-0.3, -0.25) is 0 Å². The Morgan fingerprint density at radius 3 is 1.70 bits per heavy atom. The lowest BCUT2D eigenvalue weighted by Gasteiger charge is -2.32. The molecular weight excluding hydrogens is 677 g/mol. The molecule has 2 aliphatic carbocycles. The Morgan fingerprint density at radius 2 is 0.964 bits per heavy atom. The maximum atomic E-state index is 2.57. The molecule has 0 N–H and O–H groups in total. The van der Waals surface area contributed by atoms with E-state index in [-0.39, 0.29) is 10.8 Å². The van der Waals surface area contributed by atoms with Crippen LogP contribution in [0.4, 0.5) is 17.1 Å². The van der Waals surface area contributed by atoms with E-state index in [1.165, 1.54) is 83.1 Å². The molecule has 0 unspecified atom stereocenters. The minimum atomic E-state index is -0.150. The normalized spacial score (nSPS) is 14.4. The summed E-state index contributed by atoms with van der Waals surface area (Å²) >= 11 is 0. The molecule has 1 heterocycles. The van der Waals surface area contributed by atoms with Crippen LogP contribution in [0.15, 0.2) is 182 Å². The van der Waals surface area contributed by atoms with E-state index in [4.69, 9.17) is 0 Å². The predicted molar refractivity (Wildman–Crippen MR) is 236 cm³/mol. The molecule has 0 spiro atoms. The fourth-order valence-electron chi connectivity index (χ4n) is 10.0. The Labute approximate surface area is 328 Å². The van der Waals surface area contributed by atoms with Gasteiger partial charge in [-0.05, 0) is 92.5 Å². The summed E-state index contributed by atoms with van der Waals surface area (Å²) in [4.78, 5) is 2.57. The number of nitrogens with zero attached hydrogens (tertiary/aromatic N) is 2. The first-order valence-electron chi connectivity index (χ1n) is 19.8. The minimum absolute atomic E-state index is 0.142. The van der Waals surface area contributed by atoms with Gasteiger partial charge in [0.1, 0.15) is 0 Å². The Hall–Kier alpha value is -6.64. The monoisotopic (exact) mass is 718 g/mol. The second kappa shape index (κ2) is 11.9. The van der Waals surface area contributed by atoms with Gasteiger partial charge in [-0.1, -0.05) is 167 Å². The molecule has 56 heavy (non-hydrogen) atoms. The number of benzene rings is 8. The zero-order valence-electron chi connectivity index (χ0n) is 32.2. The third-order valence-electron chi connectivity index (χ3n) is 12.8. The summed E-state index contributed by atoms with van der Waals surface area (Å²) in [7, 11) is 0. The molecule has 0 bridgehead atoms. The van der Waals surface area contributed by atoms with Gasteiger partial charge in [0.25, 0.3) is 0 Å². The standard InChI is InChI=1S/C54H42N2/c1-53(2)44-24-13-9-22-42(44)52-45(53)25-16-28-50(52)55(37-30-31-39-38-19-8-12-23-43(38)54(3,4)46(39)34-37)51-33-36(35-17-6-5-7-18-35)29-32-49(51)56-47-26-14-10-20-40(47)41-21-11-15-27-48(41)56/h5-34H,1-4H3. The molecule has 0 fully saturated rings. The van der Waals surface area contributed by atoms with Crippen molar-refractivity contribution in [1.29, 1.82) is 0 Å². The smallest absolute Gasteiger partial charge is 0.0708 e. The van der Waals surface area contributed by atoms with Crippen LogP contribution in [0.1, 0.15) is 49.9 Å². The van der Waals surface area contributed by atoms with E-state index in [0.29, 0.717) is 0 Å². The van der Waals surface area contributed by atoms with Crippen molar-refractivity contribution in [2.75, 3.05) is 4.90 Å². The van der Waals surface area contributed by atoms with E-state index in [1.807, 2.05) is 0 Å². The van der Waals surface area contributed by atoms with Gasteiger partial charge in [0.2, 0.25) is 0 Å². The summed E-state index contributed by atoms with van der Waals surface area (Å²) in [5, 5.41) is 2.50. The average molecular weight is 719 g/mol. The van der Waals surface area contributed by atoms with Crippen LogP contribution in [0.2, 0.25) is 0 Å². The SMILES string of the molecule is CC1(C)c2ccccc2-c2ccc(N(c3cc(-c4ccccc4)ccc3-n3c4ccccc4c4ccccc43)c3cccc4c3-c3ccccc3C4(C)C)cc21. The van der Waals surface area contributed by atoms with E-state index >= 15 is 0 Å². The molecule has 9 aromatic rings. The van der Waals surface area contributed by atoms with Crippen molar-refractivity contribution in [3.8, 4) is 39.1 Å². The molecule has 0 saturated carbocycles. The molecule has 0 radical (unpaired) electrons. The summed E-state index contributed by atoms with van der Waals surface area (Å²) in [6, 6.07) is 67.7. The number of hydrogen-bond donors (Lipinski definition) is 0. The molecule has 0 aliphatic heterocycles. The highest BCUT2D eigenvalue weighted by Crippen LogP contribution is 2.56. The average Bonchev–Trinajstić information content (AvgIpc) is 3.79. The molecule has 0 atom stereocenters. The Morgan fingerprint density at radius 1 is 0.393 bits per heavy atom. The van der Waals surface area contributed by atoms with Gasteiger partial charge in [0, 0.05) is 32.9 Å². The molecule has 1 aromatic heterocycles. The molecule has 11 rings (SSSR count). The molecule has 0 saturated heterocycles. The van der Waals surface area contributed by atoms with Gasteiger partial charge < -0.3 is 9.47 Å². The second-order valence-electron chi connectivity index (χ2n) is 16.5. The van der Waals surface area contributed by atoms with Crippen LogP contribution in [0.5, 0.6) is 0 Å². The number of rotatable bonds is 5. The molecule has 0 amide bonds. The van der Waals surface area contributed by atoms with Crippen molar-refractivity contribution >= 4 is 38.9 Å². The highest BCUT2D eigenvalue weighted by molar-refractivity contribution is 6.10. The van der Waals surface area contributed by atoms with Gasteiger partial charge in [-0.25, -0.2) is 0 Å². The molecule has 268 valence electrons. The zero-order valence-corrected chi connectivity index (χ0v) is 32.2. The third-order valence-corrected chi connectivity index (χ3v) is 12.8. The molecule has 8 aromatic carbocycles. The number of aromatic nitrogens is 1. The van der Waals surface area contributed by atoms with Crippen molar-refractivity contribution in [3.05, 3.63) is 204 Å². The summed E-state index contributed by atoms with van der Waals surface area (Å²) in [5.74, 6) is 0. The fraction of sp³-hybridized carbons (Fsp3) is 0.111. The van der Waals surface area contributed by atoms with Crippen LogP contribution in [-0.2, 0) is 10.8 Å². The summed E-state index contributed by atoms with van der Waals surface area (Å²) in [6.07, 6.45) is 0. The van der Waals surface area contributed by atoms with Crippen molar-refractivity contribution in [2.45, 2.75) is 38.5 Å². The quantitative estimate of drug-likeness (QED) is 0.172. The lowest BCUT2D eigenvalue weighted by molar-refractivity contribution is 0.660. The van der Waals surface area contributed by atoms with Crippen molar-refractivity contribution < 1.29 is 0 Å². The topological polar surface area (TPSA) is 8.17 Å². The Balaban J connectivity index is 1.27. The number of para-hydroxylation sites is 2. The number of anilines is 3. The van der Waals surface area contributed by atoms with Crippen LogP contribution in [-0.4, -0.2) is 4.57 Å². The van der Waals surface area contributed by atoms with Gasteiger partial charge in [-0.15, -0.1) is 0 Å². The maximum absolute atomic E-state index is 2.57. The first-order chi connectivity index (χ1) is 27.3. The van der Waals surface area contributed by atoms with E-state index in [9.17, 15) is 0 Å². The van der Waals surface area contributed by atoms with Crippen molar-refractivity contribution in [3.63, 3.8) is 0 Å². The summed E-state index contributed by atoms with van der Waals surface area (Å²) in [5.41, 5.74) is 19.8. The largest absolute Gasteiger partial charge is 0.308 e. The van der Waals surface area contributed by atoms with Crippen LogP contribution >= 0.6 is 0 Å². The first-order valence-corrected chi connectivity index (χ1v) is 19.8. The van der Waals surface area contributed by atoms with E-state index in [0.717, 1.165) is 17.1 Å². The van der Waals surface area contributed by atoms with E-state index in [2.05, 4.69) is 219 Å². The minimum Gasteiger partial charge on any atom is -0.308 e. The van der Waals surface area contributed by atoms with E-state index < -0.39 is 0 Å². The van der Waals surface area contributed by atoms with Crippen LogP contribution in [0.3, 0.4) is 0 Å².